The average Bonchev–Trinajstić information content (AvgIpc) is 3.39. The zero-order chi connectivity index (χ0) is 15.4. The standard InChI is InChI=1S/C18H23NO3/c20-17(14-6-7-14)19-16-10-8-15(9-11-16)18(21)22-12-13-4-2-1-3-5-13/h8-11,13-14H,1-7,12H2,(H,19,20). The van der Waals surface area contributed by atoms with Gasteiger partial charge in [-0.05, 0) is 55.9 Å². The first-order chi connectivity index (χ1) is 10.7. The first kappa shape index (κ1) is 15.1. The Hall–Kier alpha value is -1.84. The van der Waals surface area contributed by atoms with Gasteiger partial charge in [-0.1, -0.05) is 19.3 Å². The lowest BCUT2D eigenvalue weighted by Gasteiger charge is -2.21. The number of hydrogen-bond donors (Lipinski definition) is 1. The Morgan fingerprint density at radius 2 is 1.68 bits per heavy atom. The minimum Gasteiger partial charge on any atom is -0.462 e. The number of rotatable bonds is 5. The average molecular weight is 301 g/mol. The van der Waals surface area contributed by atoms with E-state index in [-0.39, 0.29) is 17.8 Å². The molecular weight excluding hydrogens is 278 g/mol. The van der Waals surface area contributed by atoms with Crippen molar-refractivity contribution >= 4 is 17.6 Å². The van der Waals surface area contributed by atoms with Gasteiger partial charge in [0.05, 0.1) is 12.2 Å². The molecule has 22 heavy (non-hydrogen) atoms. The van der Waals surface area contributed by atoms with Crippen molar-refractivity contribution in [2.75, 3.05) is 11.9 Å². The smallest absolute Gasteiger partial charge is 0.338 e. The Balaban J connectivity index is 1.48. The summed E-state index contributed by atoms with van der Waals surface area (Å²) in [5, 5.41) is 2.86. The molecular formula is C18H23NO3. The lowest BCUT2D eigenvalue weighted by Crippen LogP contribution is -2.17. The van der Waals surface area contributed by atoms with Crippen LogP contribution < -0.4 is 5.32 Å². The van der Waals surface area contributed by atoms with E-state index in [0.29, 0.717) is 18.1 Å². The summed E-state index contributed by atoms with van der Waals surface area (Å²) in [5.41, 5.74) is 1.28. The van der Waals surface area contributed by atoms with E-state index in [1.807, 2.05) is 0 Å². The highest BCUT2D eigenvalue weighted by molar-refractivity contribution is 5.95. The van der Waals surface area contributed by atoms with Gasteiger partial charge in [0.1, 0.15) is 0 Å². The zero-order valence-electron chi connectivity index (χ0n) is 12.8. The summed E-state index contributed by atoms with van der Waals surface area (Å²) in [6.45, 7) is 0.527. The Labute approximate surface area is 131 Å². The van der Waals surface area contributed by atoms with Crippen LogP contribution >= 0.6 is 0 Å². The van der Waals surface area contributed by atoms with Gasteiger partial charge in [-0.2, -0.15) is 0 Å². The number of nitrogens with one attached hydrogen (secondary N) is 1. The normalized spacial score (nSPS) is 18.7. The third kappa shape index (κ3) is 4.09. The summed E-state index contributed by atoms with van der Waals surface area (Å²) in [7, 11) is 0. The molecule has 0 spiro atoms. The highest BCUT2D eigenvalue weighted by atomic mass is 16.5. The van der Waals surface area contributed by atoms with E-state index >= 15 is 0 Å². The molecule has 0 saturated heterocycles. The Bertz CT molecular complexity index is 528. The van der Waals surface area contributed by atoms with Crippen LogP contribution in [0.3, 0.4) is 0 Å². The van der Waals surface area contributed by atoms with Gasteiger partial charge >= 0.3 is 5.97 Å². The van der Waals surface area contributed by atoms with Gasteiger partial charge in [0.15, 0.2) is 0 Å². The first-order valence-corrected chi connectivity index (χ1v) is 8.30. The molecule has 1 aromatic carbocycles. The molecule has 4 nitrogen and oxygen atoms in total. The monoisotopic (exact) mass is 301 g/mol. The van der Waals surface area contributed by atoms with Gasteiger partial charge < -0.3 is 10.1 Å². The molecule has 0 radical (unpaired) electrons. The Morgan fingerprint density at radius 1 is 1.00 bits per heavy atom. The number of ether oxygens (including phenoxy) is 1. The van der Waals surface area contributed by atoms with Crippen LogP contribution in [0.15, 0.2) is 24.3 Å². The minimum atomic E-state index is -0.273. The second-order valence-corrected chi connectivity index (χ2v) is 6.44. The van der Waals surface area contributed by atoms with E-state index in [9.17, 15) is 9.59 Å². The van der Waals surface area contributed by atoms with Crippen LogP contribution in [-0.4, -0.2) is 18.5 Å². The molecule has 1 N–H and O–H groups in total. The summed E-state index contributed by atoms with van der Waals surface area (Å²) in [6.07, 6.45) is 8.10. The number of benzene rings is 1. The number of carbonyl (C=O) groups is 2. The molecule has 0 heterocycles. The predicted octanol–water partition coefficient (Wildman–Crippen LogP) is 3.77. The van der Waals surface area contributed by atoms with Crippen molar-refractivity contribution < 1.29 is 14.3 Å². The minimum absolute atomic E-state index is 0.0765. The Kier molecular flexibility index (Phi) is 4.76. The number of hydrogen-bond acceptors (Lipinski definition) is 3. The fourth-order valence-electron chi connectivity index (χ4n) is 2.91. The SMILES string of the molecule is O=C(OCC1CCCCC1)c1ccc(NC(=O)C2CC2)cc1. The van der Waals surface area contributed by atoms with Crippen LogP contribution in [-0.2, 0) is 9.53 Å². The number of carbonyl (C=O) groups excluding carboxylic acids is 2. The molecule has 3 rings (SSSR count). The molecule has 2 fully saturated rings. The van der Waals surface area contributed by atoms with Crippen LogP contribution in [0.1, 0.15) is 55.3 Å². The van der Waals surface area contributed by atoms with Crippen LogP contribution in [0.25, 0.3) is 0 Å². The van der Waals surface area contributed by atoms with Crippen molar-refractivity contribution in [1.29, 1.82) is 0 Å². The number of esters is 1. The van der Waals surface area contributed by atoms with Crippen molar-refractivity contribution in [3.8, 4) is 0 Å². The first-order valence-electron chi connectivity index (χ1n) is 8.30. The molecule has 4 heteroatoms. The molecule has 2 aliphatic rings. The Morgan fingerprint density at radius 3 is 2.32 bits per heavy atom. The van der Waals surface area contributed by atoms with Gasteiger partial charge in [0.25, 0.3) is 0 Å². The van der Waals surface area contributed by atoms with Crippen molar-refractivity contribution in [2.45, 2.75) is 44.9 Å². The molecule has 118 valence electrons. The van der Waals surface area contributed by atoms with Crippen molar-refractivity contribution in [2.24, 2.45) is 11.8 Å². The van der Waals surface area contributed by atoms with E-state index in [1.165, 1.54) is 32.1 Å². The van der Waals surface area contributed by atoms with Crippen LogP contribution in [0, 0.1) is 11.8 Å². The number of anilines is 1. The molecule has 2 saturated carbocycles. The van der Waals surface area contributed by atoms with Gasteiger partial charge in [0, 0.05) is 11.6 Å². The van der Waals surface area contributed by atoms with Crippen molar-refractivity contribution in [3.63, 3.8) is 0 Å². The topological polar surface area (TPSA) is 55.4 Å². The van der Waals surface area contributed by atoms with Crippen LogP contribution in [0.4, 0.5) is 5.69 Å². The second kappa shape index (κ2) is 6.95. The fourth-order valence-corrected chi connectivity index (χ4v) is 2.91. The lowest BCUT2D eigenvalue weighted by atomic mass is 9.90. The van der Waals surface area contributed by atoms with E-state index in [4.69, 9.17) is 4.74 Å². The van der Waals surface area contributed by atoms with Gasteiger partial charge in [-0.25, -0.2) is 4.79 Å². The molecule has 2 aliphatic carbocycles. The third-order valence-electron chi connectivity index (χ3n) is 4.51. The van der Waals surface area contributed by atoms with E-state index < -0.39 is 0 Å². The van der Waals surface area contributed by atoms with Crippen molar-refractivity contribution in [3.05, 3.63) is 29.8 Å². The van der Waals surface area contributed by atoms with E-state index in [2.05, 4.69) is 5.32 Å². The lowest BCUT2D eigenvalue weighted by molar-refractivity contribution is -0.117. The van der Waals surface area contributed by atoms with Gasteiger partial charge in [0.2, 0.25) is 5.91 Å². The molecule has 0 unspecified atom stereocenters. The fraction of sp³-hybridized carbons (Fsp3) is 0.556. The number of amides is 1. The largest absolute Gasteiger partial charge is 0.462 e. The zero-order valence-corrected chi connectivity index (χ0v) is 12.8. The second-order valence-electron chi connectivity index (χ2n) is 6.44. The third-order valence-corrected chi connectivity index (χ3v) is 4.51. The van der Waals surface area contributed by atoms with Crippen molar-refractivity contribution in [1.82, 2.24) is 0 Å². The van der Waals surface area contributed by atoms with Crippen LogP contribution in [0.5, 0.6) is 0 Å². The summed E-state index contributed by atoms with van der Waals surface area (Å²) in [5.74, 6) is 0.508. The predicted molar refractivity (Wildman–Crippen MR) is 84.7 cm³/mol. The highest BCUT2D eigenvalue weighted by Gasteiger charge is 2.29. The molecule has 0 aliphatic heterocycles. The summed E-state index contributed by atoms with van der Waals surface area (Å²) >= 11 is 0. The van der Waals surface area contributed by atoms with E-state index in [0.717, 1.165) is 18.5 Å². The molecule has 0 aromatic heterocycles. The summed E-state index contributed by atoms with van der Waals surface area (Å²) in [6, 6.07) is 6.95. The maximum Gasteiger partial charge on any atom is 0.338 e. The van der Waals surface area contributed by atoms with Crippen LogP contribution in [0.2, 0.25) is 0 Å². The molecule has 1 amide bonds. The summed E-state index contributed by atoms with van der Waals surface area (Å²) < 4.78 is 5.41. The summed E-state index contributed by atoms with van der Waals surface area (Å²) in [4.78, 5) is 23.7. The molecule has 1 aromatic rings. The molecule has 0 bridgehead atoms. The maximum absolute atomic E-state index is 12.0. The van der Waals surface area contributed by atoms with E-state index in [1.54, 1.807) is 24.3 Å². The van der Waals surface area contributed by atoms with Gasteiger partial charge in [-0.15, -0.1) is 0 Å². The maximum atomic E-state index is 12.0. The highest BCUT2D eigenvalue weighted by Crippen LogP contribution is 2.30. The quantitative estimate of drug-likeness (QED) is 0.842. The molecule has 0 atom stereocenters. The van der Waals surface area contributed by atoms with Gasteiger partial charge in [-0.3, -0.25) is 4.79 Å².